The lowest BCUT2D eigenvalue weighted by atomic mass is 9.66. The molecule has 0 heterocycles. The van der Waals surface area contributed by atoms with E-state index in [2.05, 4.69) is 46.9 Å². The van der Waals surface area contributed by atoms with Crippen LogP contribution in [-0.2, 0) is 10.8 Å². The average Bonchev–Trinajstić information content (AvgIpc) is 2.45. The summed E-state index contributed by atoms with van der Waals surface area (Å²) in [5.41, 5.74) is 3.56. The van der Waals surface area contributed by atoms with Crippen LogP contribution in [0.2, 0.25) is 13.1 Å². The van der Waals surface area contributed by atoms with E-state index in [0.29, 0.717) is 0 Å². The van der Waals surface area contributed by atoms with Crippen LogP contribution in [0.15, 0.2) is 12.1 Å². The van der Waals surface area contributed by atoms with Crippen LogP contribution >= 0.6 is 0 Å². The number of aldehydes is 1. The second-order valence-corrected chi connectivity index (χ2v) is 10.9. The molecular weight excluding hydrogens is 300 g/mol. The van der Waals surface area contributed by atoms with Gasteiger partial charge in [-0.25, -0.2) is 0 Å². The van der Waals surface area contributed by atoms with Gasteiger partial charge in [-0.3, -0.25) is 4.79 Å². The summed E-state index contributed by atoms with van der Waals surface area (Å²) >= 11 is 0. The molecule has 2 rings (SSSR count). The van der Waals surface area contributed by atoms with Crippen molar-refractivity contribution in [3.63, 3.8) is 0 Å². The van der Waals surface area contributed by atoms with Gasteiger partial charge in [0.2, 0.25) is 9.04 Å². The van der Waals surface area contributed by atoms with Crippen LogP contribution in [0, 0.1) is 0 Å². The van der Waals surface area contributed by atoms with Crippen LogP contribution in [0.4, 0.5) is 0 Å². The number of carbonyl (C=O) groups is 1. The second kappa shape index (κ2) is 6.80. The first-order valence-electron chi connectivity index (χ1n) is 8.99. The van der Waals surface area contributed by atoms with Gasteiger partial charge in [0.25, 0.3) is 0 Å². The molecular formula is C20H32O2Si. The third-order valence-electron chi connectivity index (χ3n) is 5.04. The van der Waals surface area contributed by atoms with Crippen molar-refractivity contribution in [2.75, 3.05) is 0 Å². The van der Waals surface area contributed by atoms with Crippen LogP contribution in [-0.4, -0.2) is 15.3 Å². The van der Waals surface area contributed by atoms with Gasteiger partial charge >= 0.3 is 0 Å². The molecule has 1 aromatic carbocycles. The molecule has 0 aliphatic heterocycles. The van der Waals surface area contributed by atoms with E-state index < -0.39 is 9.04 Å². The van der Waals surface area contributed by atoms with Crippen LogP contribution in [0.1, 0.15) is 81.3 Å². The minimum atomic E-state index is -1.29. The van der Waals surface area contributed by atoms with Crippen molar-refractivity contribution in [1.82, 2.24) is 0 Å². The summed E-state index contributed by atoms with van der Waals surface area (Å²) in [6, 6.07) is 4.11. The largest absolute Gasteiger partial charge is 0.546 e. The average molecular weight is 333 g/mol. The van der Waals surface area contributed by atoms with Crippen molar-refractivity contribution < 1.29 is 9.22 Å². The number of benzene rings is 1. The Hall–Kier alpha value is -1.09. The lowest BCUT2D eigenvalue weighted by molar-refractivity contribution is 0.112. The van der Waals surface area contributed by atoms with Crippen LogP contribution < -0.4 is 4.43 Å². The minimum absolute atomic E-state index is 0.0495. The highest BCUT2D eigenvalue weighted by Crippen LogP contribution is 2.48. The summed E-state index contributed by atoms with van der Waals surface area (Å²) in [7, 11) is -1.29. The zero-order valence-corrected chi connectivity index (χ0v) is 16.8. The maximum absolute atomic E-state index is 11.6. The van der Waals surface area contributed by atoms with E-state index in [-0.39, 0.29) is 10.8 Å². The number of hydrogen-bond donors (Lipinski definition) is 0. The van der Waals surface area contributed by atoms with E-state index in [1.54, 1.807) is 0 Å². The zero-order chi connectivity index (χ0) is 17.3. The van der Waals surface area contributed by atoms with Crippen LogP contribution in [0.25, 0.3) is 0 Å². The maximum atomic E-state index is 11.6. The van der Waals surface area contributed by atoms with Gasteiger partial charge in [-0.15, -0.1) is 0 Å². The molecule has 0 saturated heterocycles. The molecule has 3 heteroatoms. The lowest BCUT2D eigenvalue weighted by Gasteiger charge is -2.40. The molecule has 23 heavy (non-hydrogen) atoms. The third-order valence-corrected chi connectivity index (χ3v) is 5.74. The molecule has 1 aliphatic rings. The molecule has 0 spiro atoms. The van der Waals surface area contributed by atoms with Gasteiger partial charge in [-0.05, 0) is 48.4 Å². The molecule has 0 aromatic heterocycles. The van der Waals surface area contributed by atoms with Gasteiger partial charge in [0.15, 0.2) is 6.29 Å². The lowest BCUT2D eigenvalue weighted by Crippen LogP contribution is -2.31. The summed E-state index contributed by atoms with van der Waals surface area (Å²) in [6.45, 7) is 13.5. The Morgan fingerprint density at radius 2 is 1.74 bits per heavy atom. The minimum Gasteiger partial charge on any atom is -0.546 e. The van der Waals surface area contributed by atoms with Gasteiger partial charge < -0.3 is 4.43 Å². The van der Waals surface area contributed by atoms with Gasteiger partial charge in [0.1, 0.15) is 5.75 Å². The fraction of sp³-hybridized carbons (Fsp3) is 0.650. The Bertz CT molecular complexity index is 564. The smallest absolute Gasteiger partial charge is 0.229 e. The maximum Gasteiger partial charge on any atom is 0.229 e. The highest BCUT2D eigenvalue weighted by Gasteiger charge is 2.37. The normalized spacial score (nSPS) is 18.0. The highest BCUT2D eigenvalue weighted by atomic mass is 28.3. The molecule has 0 radical (unpaired) electrons. The Morgan fingerprint density at radius 3 is 2.22 bits per heavy atom. The third kappa shape index (κ3) is 3.88. The van der Waals surface area contributed by atoms with Crippen molar-refractivity contribution in [1.29, 1.82) is 0 Å². The highest BCUT2D eigenvalue weighted by molar-refractivity contribution is 6.49. The number of carbonyl (C=O) groups excluding carboxylic acids is 1. The van der Waals surface area contributed by atoms with E-state index >= 15 is 0 Å². The van der Waals surface area contributed by atoms with Crippen molar-refractivity contribution in [3.05, 3.63) is 28.8 Å². The van der Waals surface area contributed by atoms with Crippen LogP contribution in [0.5, 0.6) is 5.75 Å². The SMILES string of the molecule is C[SiH](C)Oc1c(C=O)ccc(C(C)(C)C)c1C1(C)CCCCC1. The van der Waals surface area contributed by atoms with Gasteiger partial charge in [0.05, 0.1) is 5.56 Å². The summed E-state index contributed by atoms with van der Waals surface area (Å²) in [5.74, 6) is 0.887. The fourth-order valence-corrected chi connectivity index (χ4v) is 4.59. The summed E-state index contributed by atoms with van der Waals surface area (Å²) in [5, 5.41) is 0. The molecule has 0 amide bonds. The van der Waals surface area contributed by atoms with Gasteiger partial charge in [0, 0.05) is 5.56 Å². The van der Waals surface area contributed by atoms with E-state index in [0.717, 1.165) is 17.6 Å². The summed E-state index contributed by atoms with van der Waals surface area (Å²) < 4.78 is 6.33. The molecule has 1 fully saturated rings. The van der Waals surface area contributed by atoms with E-state index in [9.17, 15) is 4.79 Å². The van der Waals surface area contributed by atoms with Crippen molar-refractivity contribution in [2.45, 2.75) is 83.7 Å². The molecule has 0 bridgehead atoms. The first-order valence-corrected chi connectivity index (χ1v) is 11.8. The molecule has 0 atom stereocenters. The molecule has 2 nitrogen and oxygen atoms in total. The summed E-state index contributed by atoms with van der Waals surface area (Å²) in [6.07, 6.45) is 7.20. The second-order valence-electron chi connectivity index (χ2n) is 8.56. The predicted molar refractivity (Wildman–Crippen MR) is 100 cm³/mol. The van der Waals surface area contributed by atoms with Gasteiger partial charge in [-0.2, -0.15) is 0 Å². The molecule has 1 aromatic rings. The first-order chi connectivity index (χ1) is 10.7. The van der Waals surface area contributed by atoms with Crippen molar-refractivity contribution in [3.8, 4) is 5.75 Å². The van der Waals surface area contributed by atoms with Crippen molar-refractivity contribution in [2.24, 2.45) is 0 Å². The zero-order valence-electron chi connectivity index (χ0n) is 15.7. The molecule has 0 unspecified atom stereocenters. The Balaban J connectivity index is 2.73. The molecule has 1 aliphatic carbocycles. The van der Waals surface area contributed by atoms with E-state index in [4.69, 9.17) is 4.43 Å². The monoisotopic (exact) mass is 332 g/mol. The Morgan fingerprint density at radius 1 is 1.13 bits per heavy atom. The fourth-order valence-electron chi connectivity index (χ4n) is 3.86. The molecule has 0 N–H and O–H groups in total. The predicted octanol–water partition coefficient (Wildman–Crippen LogP) is 5.38. The molecule has 1 saturated carbocycles. The number of rotatable bonds is 4. The van der Waals surface area contributed by atoms with E-state index in [1.807, 2.05) is 6.07 Å². The van der Waals surface area contributed by atoms with Crippen LogP contribution in [0.3, 0.4) is 0 Å². The van der Waals surface area contributed by atoms with Gasteiger partial charge in [-0.1, -0.05) is 53.0 Å². The summed E-state index contributed by atoms with van der Waals surface area (Å²) in [4.78, 5) is 11.6. The number of hydrogen-bond acceptors (Lipinski definition) is 2. The first kappa shape index (κ1) is 18.2. The standard InChI is InChI=1S/C20H32O2Si/c1-19(2,3)16-11-10-15(14-21)18(22-23(5)6)17(16)20(4)12-8-7-9-13-20/h10-11,14,23H,7-9,12-13H2,1-6H3. The van der Waals surface area contributed by atoms with E-state index in [1.165, 1.54) is 43.2 Å². The topological polar surface area (TPSA) is 26.3 Å². The van der Waals surface area contributed by atoms with Crippen molar-refractivity contribution >= 4 is 15.3 Å². The Labute approximate surface area is 143 Å². The Kier molecular flexibility index (Phi) is 5.39. The molecule has 128 valence electrons. The quantitative estimate of drug-likeness (QED) is 0.546.